The van der Waals surface area contributed by atoms with Crippen molar-refractivity contribution in [2.75, 3.05) is 10.6 Å². The number of benzene rings is 2. The Labute approximate surface area is 154 Å². The van der Waals surface area contributed by atoms with E-state index in [2.05, 4.69) is 32.7 Å². The summed E-state index contributed by atoms with van der Waals surface area (Å²) in [4.78, 5) is 4.33. The van der Waals surface area contributed by atoms with E-state index in [1.54, 1.807) is 0 Å². The van der Waals surface area contributed by atoms with Crippen LogP contribution in [0.5, 0.6) is 0 Å². The van der Waals surface area contributed by atoms with E-state index in [4.69, 9.17) is 0 Å². The third-order valence-electron chi connectivity index (χ3n) is 4.02. The highest BCUT2D eigenvalue weighted by molar-refractivity contribution is 5.64. The molecule has 3 rings (SSSR count). The highest BCUT2D eigenvalue weighted by Crippen LogP contribution is 2.30. The molecule has 140 valence electrons. The fourth-order valence-corrected chi connectivity index (χ4v) is 2.62. The zero-order chi connectivity index (χ0) is 19.4. The Kier molecular flexibility index (Phi) is 5.25. The van der Waals surface area contributed by atoms with Gasteiger partial charge in [0, 0.05) is 11.4 Å². The molecular weight excluding hydrogens is 355 g/mol. The maximum atomic E-state index is 12.6. The Bertz CT molecular complexity index is 923. The highest BCUT2D eigenvalue weighted by Gasteiger charge is 2.29. The fourth-order valence-electron chi connectivity index (χ4n) is 2.62. The van der Waals surface area contributed by atoms with Gasteiger partial charge in [-0.25, -0.2) is 0 Å². The molecule has 2 N–H and O–H groups in total. The van der Waals surface area contributed by atoms with Gasteiger partial charge >= 0.3 is 6.18 Å². The SMILES string of the molecule is CCc1cccc(C)c1Nc1nncc(Nc2ccc(C(F)(F)F)cc2)n1. The van der Waals surface area contributed by atoms with Gasteiger partial charge in [-0.3, -0.25) is 0 Å². The lowest BCUT2D eigenvalue weighted by atomic mass is 10.1. The molecule has 0 aliphatic heterocycles. The Morgan fingerprint density at radius 1 is 1.00 bits per heavy atom. The maximum absolute atomic E-state index is 12.6. The number of halogens is 3. The van der Waals surface area contributed by atoms with E-state index < -0.39 is 11.7 Å². The second-order valence-corrected chi connectivity index (χ2v) is 5.95. The van der Waals surface area contributed by atoms with Crippen LogP contribution in [0.4, 0.5) is 36.3 Å². The van der Waals surface area contributed by atoms with Gasteiger partial charge < -0.3 is 10.6 Å². The first kappa shape index (κ1) is 18.6. The molecule has 1 aromatic heterocycles. The van der Waals surface area contributed by atoms with Crippen molar-refractivity contribution in [2.45, 2.75) is 26.4 Å². The third kappa shape index (κ3) is 4.52. The minimum Gasteiger partial charge on any atom is -0.339 e. The normalized spacial score (nSPS) is 11.3. The van der Waals surface area contributed by atoms with Gasteiger partial charge in [-0.05, 0) is 48.7 Å². The summed E-state index contributed by atoms with van der Waals surface area (Å²) in [6.45, 7) is 4.04. The predicted octanol–water partition coefficient (Wildman–Crippen LogP) is 5.25. The van der Waals surface area contributed by atoms with Gasteiger partial charge in [0.1, 0.15) is 0 Å². The van der Waals surface area contributed by atoms with Gasteiger partial charge in [0.2, 0.25) is 5.95 Å². The molecule has 0 fully saturated rings. The molecule has 1 heterocycles. The summed E-state index contributed by atoms with van der Waals surface area (Å²) >= 11 is 0. The Morgan fingerprint density at radius 3 is 2.41 bits per heavy atom. The van der Waals surface area contributed by atoms with Crippen LogP contribution in [0.25, 0.3) is 0 Å². The van der Waals surface area contributed by atoms with E-state index in [0.717, 1.165) is 35.4 Å². The molecule has 0 amide bonds. The molecular formula is C19H18F3N5. The van der Waals surface area contributed by atoms with Crippen LogP contribution >= 0.6 is 0 Å². The second kappa shape index (κ2) is 7.61. The lowest BCUT2D eigenvalue weighted by Crippen LogP contribution is -2.06. The number of rotatable bonds is 5. The molecule has 0 spiro atoms. The van der Waals surface area contributed by atoms with Gasteiger partial charge in [-0.2, -0.15) is 23.3 Å². The number of anilines is 4. The van der Waals surface area contributed by atoms with Crippen molar-refractivity contribution < 1.29 is 13.2 Å². The third-order valence-corrected chi connectivity index (χ3v) is 4.02. The number of aryl methyl sites for hydroxylation is 2. The number of alkyl halides is 3. The summed E-state index contributed by atoms with van der Waals surface area (Å²) in [5, 5.41) is 14.0. The molecule has 27 heavy (non-hydrogen) atoms. The summed E-state index contributed by atoms with van der Waals surface area (Å²) in [6, 6.07) is 10.7. The lowest BCUT2D eigenvalue weighted by molar-refractivity contribution is -0.137. The van der Waals surface area contributed by atoms with E-state index in [0.29, 0.717) is 17.5 Å². The van der Waals surface area contributed by atoms with Gasteiger partial charge in [0.25, 0.3) is 0 Å². The first-order valence-corrected chi connectivity index (χ1v) is 8.36. The average Bonchev–Trinajstić information content (AvgIpc) is 2.63. The van der Waals surface area contributed by atoms with Crippen LogP contribution in [-0.4, -0.2) is 15.2 Å². The van der Waals surface area contributed by atoms with Gasteiger partial charge in [-0.15, -0.1) is 5.10 Å². The molecule has 0 radical (unpaired) electrons. The van der Waals surface area contributed by atoms with Crippen LogP contribution < -0.4 is 10.6 Å². The van der Waals surface area contributed by atoms with Crippen molar-refractivity contribution in [3.8, 4) is 0 Å². The molecule has 0 aliphatic rings. The number of hydrogen-bond donors (Lipinski definition) is 2. The van der Waals surface area contributed by atoms with Crippen molar-refractivity contribution in [1.29, 1.82) is 0 Å². The van der Waals surface area contributed by atoms with Crippen LogP contribution in [0.2, 0.25) is 0 Å². The highest BCUT2D eigenvalue weighted by atomic mass is 19.4. The van der Waals surface area contributed by atoms with Gasteiger partial charge in [0.05, 0.1) is 11.8 Å². The Hall–Kier alpha value is -3.16. The topological polar surface area (TPSA) is 62.7 Å². The second-order valence-electron chi connectivity index (χ2n) is 5.95. The van der Waals surface area contributed by atoms with Crippen molar-refractivity contribution in [1.82, 2.24) is 15.2 Å². The van der Waals surface area contributed by atoms with Crippen molar-refractivity contribution >= 4 is 23.1 Å². The number of hydrogen-bond acceptors (Lipinski definition) is 5. The molecule has 0 unspecified atom stereocenters. The molecule has 3 aromatic rings. The largest absolute Gasteiger partial charge is 0.416 e. The standard InChI is InChI=1S/C19H18F3N5/c1-3-13-6-4-5-12(2)17(13)26-18-25-16(11-23-27-18)24-15-9-7-14(8-10-15)19(20,21)22/h4-11H,3H2,1-2H3,(H2,24,25,26,27). The molecule has 0 bridgehead atoms. The minimum atomic E-state index is -4.36. The van der Waals surface area contributed by atoms with E-state index in [1.165, 1.54) is 18.3 Å². The van der Waals surface area contributed by atoms with Crippen LogP contribution in [0.3, 0.4) is 0 Å². The zero-order valence-corrected chi connectivity index (χ0v) is 14.8. The fraction of sp³-hybridized carbons (Fsp3) is 0.211. The van der Waals surface area contributed by atoms with E-state index >= 15 is 0 Å². The Morgan fingerprint density at radius 2 is 1.74 bits per heavy atom. The number of aromatic nitrogens is 3. The predicted molar refractivity (Wildman–Crippen MR) is 98.4 cm³/mol. The molecule has 0 saturated carbocycles. The minimum absolute atomic E-state index is 0.302. The first-order valence-electron chi connectivity index (χ1n) is 8.36. The van der Waals surface area contributed by atoms with E-state index in [-0.39, 0.29) is 0 Å². The maximum Gasteiger partial charge on any atom is 0.416 e. The van der Waals surface area contributed by atoms with Gasteiger partial charge in [0.15, 0.2) is 5.82 Å². The van der Waals surface area contributed by atoms with E-state index in [1.807, 2.05) is 25.1 Å². The molecule has 0 atom stereocenters. The summed E-state index contributed by atoms with van der Waals surface area (Å²) in [5.74, 6) is 0.676. The number of para-hydroxylation sites is 1. The Balaban J connectivity index is 1.78. The van der Waals surface area contributed by atoms with Crippen LogP contribution in [-0.2, 0) is 12.6 Å². The zero-order valence-electron chi connectivity index (χ0n) is 14.8. The van der Waals surface area contributed by atoms with Crippen molar-refractivity contribution in [2.24, 2.45) is 0 Å². The number of nitrogens with one attached hydrogen (secondary N) is 2. The quantitative estimate of drug-likeness (QED) is 0.640. The monoisotopic (exact) mass is 373 g/mol. The van der Waals surface area contributed by atoms with Crippen LogP contribution in [0.1, 0.15) is 23.6 Å². The molecule has 2 aromatic carbocycles. The summed E-state index contributed by atoms with van der Waals surface area (Å²) in [7, 11) is 0. The van der Waals surface area contributed by atoms with Crippen LogP contribution in [0, 0.1) is 6.92 Å². The number of nitrogens with zero attached hydrogens (tertiary/aromatic N) is 3. The smallest absolute Gasteiger partial charge is 0.339 e. The van der Waals surface area contributed by atoms with Crippen molar-refractivity contribution in [3.05, 3.63) is 65.4 Å². The molecule has 8 heteroatoms. The van der Waals surface area contributed by atoms with Crippen LogP contribution in [0.15, 0.2) is 48.7 Å². The lowest BCUT2D eigenvalue weighted by Gasteiger charge is -2.13. The van der Waals surface area contributed by atoms with Crippen molar-refractivity contribution in [3.63, 3.8) is 0 Å². The van der Waals surface area contributed by atoms with E-state index in [9.17, 15) is 13.2 Å². The molecule has 5 nitrogen and oxygen atoms in total. The molecule has 0 aliphatic carbocycles. The first-order chi connectivity index (χ1) is 12.9. The summed E-state index contributed by atoms with van der Waals surface area (Å²) < 4.78 is 37.9. The van der Waals surface area contributed by atoms with Gasteiger partial charge in [-0.1, -0.05) is 25.1 Å². The summed E-state index contributed by atoms with van der Waals surface area (Å²) in [5.41, 5.74) is 2.87. The summed E-state index contributed by atoms with van der Waals surface area (Å²) in [6.07, 6.45) is -2.11. The molecule has 0 saturated heterocycles. The average molecular weight is 373 g/mol.